The summed E-state index contributed by atoms with van der Waals surface area (Å²) in [4.78, 5) is 10.3. The molecule has 0 saturated heterocycles. The van der Waals surface area contributed by atoms with Crippen LogP contribution in [0.5, 0.6) is 0 Å². The monoisotopic (exact) mass is 201 g/mol. The number of aromatic nitrogens is 3. The average Bonchev–Trinajstić information content (AvgIpc) is 2.68. The van der Waals surface area contributed by atoms with Crippen LogP contribution in [-0.4, -0.2) is 21.3 Å². The van der Waals surface area contributed by atoms with Crippen LogP contribution in [0.3, 0.4) is 0 Å². The van der Waals surface area contributed by atoms with Crippen molar-refractivity contribution in [2.24, 2.45) is 0 Å². The Hall–Kier alpha value is -1.97. The predicted octanol–water partition coefficient (Wildman–Crippen LogP) is 1.07. The molecule has 0 aliphatic rings. The molecule has 0 radical (unpaired) electrons. The van der Waals surface area contributed by atoms with Crippen molar-refractivity contribution in [1.82, 2.24) is 15.0 Å². The summed E-state index contributed by atoms with van der Waals surface area (Å²) in [5, 5.41) is 7.82. The van der Waals surface area contributed by atoms with Gasteiger partial charge in [-0.2, -0.15) is 0 Å². The van der Waals surface area contributed by atoms with Crippen molar-refractivity contribution in [1.29, 1.82) is 0 Å². The molecular formula is C11H11N3O. The van der Waals surface area contributed by atoms with Gasteiger partial charge in [0.1, 0.15) is 6.29 Å². The molecule has 4 nitrogen and oxygen atoms in total. The van der Waals surface area contributed by atoms with Crippen molar-refractivity contribution in [3.8, 4) is 0 Å². The molecule has 2 rings (SSSR count). The molecule has 76 valence electrons. The van der Waals surface area contributed by atoms with Gasteiger partial charge < -0.3 is 4.79 Å². The van der Waals surface area contributed by atoms with Gasteiger partial charge in [-0.15, -0.1) is 5.10 Å². The Labute approximate surface area is 87.5 Å². The highest BCUT2D eigenvalue weighted by Gasteiger charge is 2.00. The molecule has 0 spiro atoms. The number of carbonyl (C=O) groups excluding carboxylic acids is 1. The SMILES string of the molecule is O=CCn1cc(Cc2ccccc2)nn1. The summed E-state index contributed by atoms with van der Waals surface area (Å²) in [7, 11) is 0. The number of rotatable bonds is 4. The second kappa shape index (κ2) is 4.50. The van der Waals surface area contributed by atoms with Gasteiger partial charge in [0.05, 0.1) is 12.2 Å². The maximum atomic E-state index is 10.3. The molecule has 0 unspecified atom stereocenters. The van der Waals surface area contributed by atoms with Crippen LogP contribution in [0, 0.1) is 0 Å². The van der Waals surface area contributed by atoms with E-state index >= 15 is 0 Å². The fourth-order valence-electron chi connectivity index (χ4n) is 1.39. The van der Waals surface area contributed by atoms with Crippen molar-refractivity contribution in [2.75, 3.05) is 0 Å². The molecule has 4 heteroatoms. The topological polar surface area (TPSA) is 47.8 Å². The second-order valence-electron chi connectivity index (χ2n) is 3.26. The van der Waals surface area contributed by atoms with Crippen LogP contribution in [0.1, 0.15) is 11.3 Å². The van der Waals surface area contributed by atoms with Crippen LogP contribution >= 0.6 is 0 Å². The van der Waals surface area contributed by atoms with Crippen molar-refractivity contribution < 1.29 is 4.79 Å². The molecular weight excluding hydrogens is 190 g/mol. The maximum absolute atomic E-state index is 10.3. The summed E-state index contributed by atoms with van der Waals surface area (Å²) in [5.41, 5.74) is 2.07. The Morgan fingerprint density at radius 2 is 2.07 bits per heavy atom. The Morgan fingerprint density at radius 1 is 1.27 bits per heavy atom. The second-order valence-corrected chi connectivity index (χ2v) is 3.26. The molecule has 0 aliphatic carbocycles. The molecule has 15 heavy (non-hydrogen) atoms. The van der Waals surface area contributed by atoms with Crippen LogP contribution in [-0.2, 0) is 17.8 Å². The van der Waals surface area contributed by atoms with E-state index in [4.69, 9.17) is 0 Å². The van der Waals surface area contributed by atoms with E-state index in [9.17, 15) is 4.79 Å². The molecule has 0 saturated carbocycles. The van der Waals surface area contributed by atoms with Crippen molar-refractivity contribution in [3.05, 3.63) is 47.8 Å². The van der Waals surface area contributed by atoms with E-state index in [2.05, 4.69) is 10.3 Å². The quantitative estimate of drug-likeness (QED) is 0.695. The Kier molecular flexibility index (Phi) is 2.88. The first-order valence-corrected chi connectivity index (χ1v) is 4.75. The zero-order valence-electron chi connectivity index (χ0n) is 8.21. The molecule has 0 amide bonds. The molecule has 2 aromatic rings. The normalized spacial score (nSPS) is 10.1. The molecule has 0 bridgehead atoms. The van der Waals surface area contributed by atoms with E-state index in [1.165, 1.54) is 10.2 Å². The van der Waals surface area contributed by atoms with Crippen LogP contribution < -0.4 is 0 Å². The van der Waals surface area contributed by atoms with Crippen LogP contribution in [0.2, 0.25) is 0 Å². The average molecular weight is 201 g/mol. The highest BCUT2D eigenvalue weighted by molar-refractivity contribution is 5.48. The summed E-state index contributed by atoms with van der Waals surface area (Å²) in [6.45, 7) is 0.266. The molecule has 1 aromatic heterocycles. The minimum Gasteiger partial charge on any atom is -0.301 e. The zero-order chi connectivity index (χ0) is 10.5. The Bertz CT molecular complexity index is 436. The number of aldehydes is 1. The largest absolute Gasteiger partial charge is 0.301 e. The number of nitrogens with zero attached hydrogens (tertiary/aromatic N) is 3. The van der Waals surface area contributed by atoms with E-state index in [1.54, 1.807) is 6.20 Å². The van der Waals surface area contributed by atoms with Crippen LogP contribution in [0.25, 0.3) is 0 Å². The summed E-state index contributed by atoms with van der Waals surface area (Å²) in [6.07, 6.45) is 3.35. The van der Waals surface area contributed by atoms with Gasteiger partial charge in [0.25, 0.3) is 0 Å². The molecule has 0 fully saturated rings. The minimum atomic E-state index is 0.266. The zero-order valence-corrected chi connectivity index (χ0v) is 8.21. The third-order valence-corrected chi connectivity index (χ3v) is 2.08. The molecule has 0 N–H and O–H groups in total. The highest BCUT2D eigenvalue weighted by atomic mass is 16.1. The van der Waals surface area contributed by atoms with Gasteiger partial charge in [-0.3, -0.25) is 0 Å². The van der Waals surface area contributed by atoms with Gasteiger partial charge in [0.2, 0.25) is 0 Å². The fourth-order valence-corrected chi connectivity index (χ4v) is 1.39. The van der Waals surface area contributed by atoms with E-state index in [1.807, 2.05) is 30.3 Å². The maximum Gasteiger partial charge on any atom is 0.141 e. The fraction of sp³-hybridized carbons (Fsp3) is 0.182. The van der Waals surface area contributed by atoms with Gasteiger partial charge in [-0.25, -0.2) is 4.68 Å². The third-order valence-electron chi connectivity index (χ3n) is 2.08. The van der Waals surface area contributed by atoms with Gasteiger partial charge >= 0.3 is 0 Å². The first-order valence-electron chi connectivity index (χ1n) is 4.75. The Balaban J connectivity index is 2.08. The molecule has 1 heterocycles. The van der Waals surface area contributed by atoms with Gasteiger partial charge in [-0.1, -0.05) is 35.5 Å². The van der Waals surface area contributed by atoms with E-state index in [-0.39, 0.29) is 6.54 Å². The highest BCUT2D eigenvalue weighted by Crippen LogP contribution is 2.05. The van der Waals surface area contributed by atoms with E-state index in [0.29, 0.717) is 0 Å². The van der Waals surface area contributed by atoms with Gasteiger partial charge in [-0.05, 0) is 5.56 Å². The van der Waals surface area contributed by atoms with Gasteiger partial charge in [0.15, 0.2) is 0 Å². The lowest BCUT2D eigenvalue weighted by Gasteiger charge is -1.95. The van der Waals surface area contributed by atoms with Gasteiger partial charge in [0, 0.05) is 12.6 Å². The lowest BCUT2D eigenvalue weighted by Crippen LogP contribution is -1.98. The Morgan fingerprint density at radius 3 is 2.80 bits per heavy atom. The van der Waals surface area contributed by atoms with Crippen molar-refractivity contribution in [2.45, 2.75) is 13.0 Å². The van der Waals surface area contributed by atoms with E-state index in [0.717, 1.165) is 18.4 Å². The van der Waals surface area contributed by atoms with Crippen molar-refractivity contribution >= 4 is 6.29 Å². The lowest BCUT2D eigenvalue weighted by atomic mass is 10.1. The summed E-state index contributed by atoms with van der Waals surface area (Å²) >= 11 is 0. The molecule has 0 aliphatic heterocycles. The lowest BCUT2D eigenvalue weighted by molar-refractivity contribution is -0.108. The summed E-state index contributed by atoms with van der Waals surface area (Å²) < 4.78 is 1.53. The van der Waals surface area contributed by atoms with Crippen LogP contribution in [0.15, 0.2) is 36.5 Å². The smallest absolute Gasteiger partial charge is 0.141 e. The van der Waals surface area contributed by atoms with Crippen molar-refractivity contribution in [3.63, 3.8) is 0 Å². The van der Waals surface area contributed by atoms with E-state index < -0.39 is 0 Å². The first kappa shape index (κ1) is 9.58. The van der Waals surface area contributed by atoms with Crippen LogP contribution in [0.4, 0.5) is 0 Å². The minimum absolute atomic E-state index is 0.266. The number of hydrogen-bond acceptors (Lipinski definition) is 3. The molecule has 0 atom stereocenters. The first-order chi connectivity index (χ1) is 7.38. The standard InChI is InChI=1S/C11H11N3O/c15-7-6-14-9-11(12-13-14)8-10-4-2-1-3-5-10/h1-5,7,9H,6,8H2. The predicted molar refractivity (Wildman–Crippen MR) is 55.3 cm³/mol. The number of carbonyl (C=O) groups is 1. The summed E-state index contributed by atoms with van der Waals surface area (Å²) in [6, 6.07) is 10.0. The number of benzene rings is 1. The summed E-state index contributed by atoms with van der Waals surface area (Å²) in [5.74, 6) is 0. The third kappa shape index (κ3) is 2.49. The molecule has 1 aromatic carbocycles. The number of hydrogen-bond donors (Lipinski definition) is 0.